The smallest absolute Gasteiger partial charge is 0.156 e. The van der Waals surface area contributed by atoms with E-state index in [1.165, 1.54) is 41.5 Å². The van der Waals surface area contributed by atoms with Crippen molar-refractivity contribution in [3.63, 3.8) is 0 Å². The van der Waals surface area contributed by atoms with E-state index in [2.05, 4.69) is 57.2 Å². The van der Waals surface area contributed by atoms with E-state index in [0.717, 1.165) is 6.42 Å². The number of carbonyl (C=O) groups is 1. The van der Waals surface area contributed by atoms with Crippen LogP contribution < -0.4 is 0 Å². The third kappa shape index (κ3) is 3.77. The van der Waals surface area contributed by atoms with Crippen molar-refractivity contribution < 1.29 is 4.79 Å². The molecule has 2 aliphatic rings. The van der Waals surface area contributed by atoms with Crippen molar-refractivity contribution in [2.75, 3.05) is 0 Å². The van der Waals surface area contributed by atoms with Gasteiger partial charge in [-0.3, -0.25) is 4.79 Å². The molecule has 1 aromatic carbocycles. The summed E-state index contributed by atoms with van der Waals surface area (Å²) in [5, 5.41) is 0. The quantitative estimate of drug-likeness (QED) is 0.653. The van der Waals surface area contributed by atoms with Gasteiger partial charge in [0.1, 0.15) is 0 Å². The molecule has 1 atom stereocenters. The van der Waals surface area contributed by atoms with E-state index in [1.807, 2.05) is 12.1 Å². The van der Waals surface area contributed by atoms with Crippen molar-refractivity contribution in [3.8, 4) is 0 Å². The van der Waals surface area contributed by atoms with Crippen molar-refractivity contribution in [3.05, 3.63) is 70.8 Å². The normalized spacial score (nSPS) is 24.4. The van der Waals surface area contributed by atoms with E-state index in [1.54, 1.807) is 0 Å². The van der Waals surface area contributed by atoms with Crippen LogP contribution in [-0.2, 0) is 4.79 Å². The molecule has 0 spiro atoms. The highest BCUT2D eigenvalue weighted by Gasteiger charge is 2.27. The molecule has 3 rings (SSSR count). The maximum Gasteiger partial charge on any atom is 0.156 e. The van der Waals surface area contributed by atoms with Crippen LogP contribution in [0.25, 0.3) is 0 Å². The third-order valence-electron chi connectivity index (χ3n) is 5.55. The highest BCUT2D eigenvalue weighted by Crippen LogP contribution is 2.41. The van der Waals surface area contributed by atoms with Crippen molar-refractivity contribution in [2.24, 2.45) is 5.41 Å². The van der Waals surface area contributed by atoms with Gasteiger partial charge in [-0.1, -0.05) is 61.9 Å². The SMILES string of the molecule is CC1=C(/C=C/C2=CC(=O)CC(c3ccccc3)C2)C(C)(C)CCC1. The van der Waals surface area contributed by atoms with E-state index in [9.17, 15) is 4.79 Å². The maximum absolute atomic E-state index is 12.2. The summed E-state index contributed by atoms with van der Waals surface area (Å²) >= 11 is 0. The first kappa shape index (κ1) is 17.0. The van der Waals surface area contributed by atoms with Crippen LogP contribution >= 0.6 is 0 Å². The molecule has 0 heterocycles. The van der Waals surface area contributed by atoms with Crippen molar-refractivity contribution in [1.82, 2.24) is 0 Å². The van der Waals surface area contributed by atoms with E-state index in [4.69, 9.17) is 0 Å². The molecule has 1 nitrogen and oxygen atoms in total. The van der Waals surface area contributed by atoms with Crippen LogP contribution in [0.4, 0.5) is 0 Å². The molecule has 1 unspecified atom stereocenters. The van der Waals surface area contributed by atoms with Gasteiger partial charge in [-0.25, -0.2) is 0 Å². The van der Waals surface area contributed by atoms with E-state index in [-0.39, 0.29) is 11.2 Å². The van der Waals surface area contributed by atoms with E-state index < -0.39 is 0 Å². The first-order valence-corrected chi connectivity index (χ1v) is 9.12. The molecule has 1 heteroatoms. The number of hydrogen-bond acceptors (Lipinski definition) is 1. The molecule has 0 aromatic heterocycles. The number of hydrogen-bond donors (Lipinski definition) is 0. The molecule has 0 aliphatic heterocycles. The highest BCUT2D eigenvalue weighted by molar-refractivity contribution is 5.92. The summed E-state index contributed by atoms with van der Waals surface area (Å²) in [6.45, 7) is 6.93. The lowest BCUT2D eigenvalue weighted by Gasteiger charge is -2.33. The van der Waals surface area contributed by atoms with Gasteiger partial charge in [0, 0.05) is 6.42 Å². The predicted molar refractivity (Wildman–Crippen MR) is 101 cm³/mol. The van der Waals surface area contributed by atoms with Crippen molar-refractivity contribution in [1.29, 1.82) is 0 Å². The third-order valence-corrected chi connectivity index (χ3v) is 5.55. The summed E-state index contributed by atoms with van der Waals surface area (Å²) in [6.07, 6.45) is 11.6. The van der Waals surface area contributed by atoms with Gasteiger partial charge in [0.25, 0.3) is 0 Å². The molecule has 0 saturated carbocycles. The standard InChI is InChI=1S/C23H28O/c1-17-8-7-13-23(2,3)22(17)12-11-18-14-20(16-21(24)15-18)19-9-5-4-6-10-19/h4-6,9-12,15,20H,7-8,13-14,16H2,1-3H3/b12-11+. The zero-order valence-electron chi connectivity index (χ0n) is 15.1. The predicted octanol–water partition coefficient (Wildman–Crippen LogP) is 6.14. The molecule has 0 fully saturated rings. The Balaban J connectivity index is 1.81. The summed E-state index contributed by atoms with van der Waals surface area (Å²) in [4.78, 5) is 12.2. The Labute approximate surface area is 146 Å². The van der Waals surface area contributed by atoms with Crippen LogP contribution in [0.5, 0.6) is 0 Å². The minimum atomic E-state index is 0.247. The van der Waals surface area contributed by atoms with Crippen molar-refractivity contribution in [2.45, 2.75) is 58.8 Å². The van der Waals surface area contributed by atoms with Gasteiger partial charge >= 0.3 is 0 Å². The summed E-state index contributed by atoms with van der Waals surface area (Å²) < 4.78 is 0. The average Bonchev–Trinajstić information content (AvgIpc) is 2.54. The summed E-state index contributed by atoms with van der Waals surface area (Å²) in [5.41, 5.74) is 5.66. The van der Waals surface area contributed by atoms with Crippen LogP contribution in [-0.4, -0.2) is 5.78 Å². The van der Waals surface area contributed by atoms with Gasteiger partial charge in [0.05, 0.1) is 0 Å². The second-order valence-electron chi connectivity index (χ2n) is 7.97. The highest BCUT2D eigenvalue weighted by atomic mass is 16.1. The molecule has 0 radical (unpaired) electrons. The first-order valence-electron chi connectivity index (χ1n) is 9.12. The number of allylic oxidation sites excluding steroid dienone is 6. The lowest BCUT2D eigenvalue weighted by atomic mass is 9.72. The number of benzene rings is 1. The monoisotopic (exact) mass is 320 g/mol. The molecule has 1 aromatic rings. The summed E-state index contributed by atoms with van der Waals surface area (Å²) in [6, 6.07) is 10.4. The van der Waals surface area contributed by atoms with Gasteiger partial charge in [0.15, 0.2) is 5.78 Å². The Morgan fingerprint density at radius 2 is 1.83 bits per heavy atom. The van der Waals surface area contributed by atoms with Gasteiger partial charge in [-0.15, -0.1) is 0 Å². The van der Waals surface area contributed by atoms with Gasteiger partial charge in [0.2, 0.25) is 0 Å². The second-order valence-corrected chi connectivity index (χ2v) is 7.97. The second kappa shape index (κ2) is 6.93. The summed E-state index contributed by atoms with van der Waals surface area (Å²) in [5.74, 6) is 0.571. The van der Waals surface area contributed by atoms with Gasteiger partial charge in [-0.2, -0.15) is 0 Å². The number of ketones is 1. The molecule has 0 bridgehead atoms. The Bertz CT molecular complexity index is 701. The fourth-order valence-electron chi connectivity index (χ4n) is 4.20. The van der Waals surface area contributed by atoms with E-state index >= 15 is 0 Å². The zero-order valence-corrected chi connectivity index (χ0v) is 15.1. The van der Waals surface area contributed by atoms with Crippen LogP contribution in [0, 0.1) is 5.41 Å². The van der Waals surface area contributed by atoms with Crippen molar-refractivity contribution >= 4 is 5.78 Å². The molecular weight excluding hydrogens is 292 g/mol. The van der Waals surface area contributed by atoms with Gasteiger partial charge in [-0.05, 0) is 66.7 Å². The number of rotatable bonds is 3. The topological polar surface area (TPSA) is 17.1 Å². The fraction of sp³-hybridized carbons (Fsp3) is 0.435. The Hall–Kier alpha value is -1.89. The molecular formula is C23H28O. The van der Waals surface area contributed by atoms with Crippen LogP contribution in [0.3, 0.4) is 0 Å². The largest absolute Gasteiger partial charge is 0.295 e. The molecule has 126 valence electrons. The van der Waals surface area contributed by atoms with Gasteiger partial charge < -0.3 is 0 Å². The fourth-order valence-corrected chi connectivity index (χ4v) is 4.20. The first-order chi connectivity index (χ1) is 11.5. The Kier molecular flexibility index (Phi) is 4.89. The zero-order chi connectivity index (χ0) is 17.2. The lowest BCUT2D eigenvalue weighted by Crippen LogP contribution is -2.19. The Morgan fingerprint density at radius 1 is 1.08 bits per heavy atom. The lowest BCUT2D eigenvalue weighted by molar-refractivity contribution is -0.115. The van der Waals surface area contributed by atoms with Crippen LogP contribution in [0.1, 0.15) is 64.4 Å². The van der Waals surface area contributed by atoms with Crippen LogP contribution in [0.2, 0.25) is 0 Å². The molecule has 2 aliphatic carbocycles. The maximum atomic E-state index is 12.2. The molecule has 0 amide bonds. The molecule has 0 saturated heterocycles. The number of carbonyl (C=O) groups excluding carboxylic acids is 1. The average molecular weight is 320 g/mol. The minimum Gasteiger partial charge on any atom is -0.295 e. The minimum absolute atomic E-state index is 0.247. The molecule has 0 N–H and O–H groups in total. The van der Waals surface area contributed by atoms with Crippen LogP contribution in [0.15, 0.2) is 65.3 Å². The van der Waals surface area contributed by atoms with E-state index in [0.29, 0.717) is 12.3 Å². The summed E-state index contributed by atoms with van der Waals surface area (Å²) in [7, 11) is 0. The Morgan fingerprint density at radius 3 is 2.54 bits per heavy atom. The molecule has 24 heavy (non-hydrogen) atoms.